The Kier molecular flexibility index (Phi) is 7.75. The van der Waals surface area contributed by atoms with Crippen LogP contribution in [0, 0.1) is 17.3 Å². The third kappa shape index (κ3) is 4.38. The summed E-state index contributed by atoms with van der Waals surface area (Å²) in [5, 5.41) is 10.1. The van der Waals surface area contributed by atoms with E-state index in [4.69, 9.17) is 9.47 Å². The molecule has 2 unspecified atom stereocenters. The smallest absolute Gasteiger partial charge is 0.312 e. The first-order valence-corrected chi connectivity index (χ1v) is 13.4. The maximum Gasteiger partial charge on any atom is 0.312 e. The minimum Gasteiger partial charge on any atom is -0.466 e. The van der Waals surface area contributed by atoms with Crippen molar-refractivity contribution in [1.82, 2.24) is 9.80 Å². The van der Waals surface area contributed by atoms with Gasteiger partial charge in [-0.25, -0.2) is 0 Å². The molecule has 36 heavy (non-hydrogen) atoms. The van der Waals surface area contributed by atoms with Gasteiger partial charge in [-0.2, -0.15) is 0 Å². The van der Waals surface area contributed by atoms with Gasteiger partial charge < -0.3 is 24.4 Å². The Morgan fingerprint density at radius 2 is 1.92 bits per heavy atom. The summed E-state index contributed by atoms with van der Waals surface area (Å²) in [5.74, 6) is -2.57. The molecule has 1 spiro atoms. The van der Waals surface area contributed by atoms with E-state index in [2.05, 4.69) is 27.4 Å². The highest BCUT2D eigenvalue weighted by molar-refractivity contribution is 5.99. The van der Waals surface area contributed by atoms with E-state index < -0.39 is 46.6 Å². The summed E-state index contributed by atoms with van der Waals surface area (Å²) in [6, 6.07) is -1.55. The highest BCUT2D eigenvalue weighted by Crippen LogP contribution is 2.65. The number of carbonyl (C=O) groups is 3. The van der Waals surface area contributed by atoms with E-state index in [-0.39, 0.29) is 30.4 Å². The number of aliphatic hydroxyl groups is 1. The van der Waals surface area contributed by atoms with Gasteiger partial charge in [-0.3, -0.25) is 14.4 Å². The van der Waals surface area contributed by atoms with Crippen LogP contribution in [0.2, 0.25) is 0 Å². The number of likely N-dealkylation sites (tertiary alicyclic amines) is 1. The lowest BCUT2D eigenvalue weighted by Gasteiger charge is -2.46. The molecule has 0 aromatic carbocycles. The maximum absolute atomic E-state index is 14.6. The summed E-state index contributed by atoms with van der Waals surface area (Å²) < 4.78 is 12.2. The van der Waals surface area contributed by atoms with Crippen LogP contribution in [-0.2, 0) is 23.9 Å². The van der Waals surface area contributed by atoms with Crippen molar-refractivity contribution in [3.8, 4) is 0 Å². The highest BCUT2D eigenvalue weighted by atomic mass is 16.6. The molecule has 204 valence electrons. The van der Waals surface area contributed by atoms with Gasteiger partial charge in [0, 0.05) is 12.1 Å². The van der Waals surface area contributed by atoms with Crippen molar-refractivity contribution in [1.29, 1.82) is 0 Å². The van der Waals surface area contributed by atoms with Crippen LogP contribution in [0.1, 0.15) is 81.1 Å². The lowest BCUT2D eigenvalue weighted by molar-refractivity contribution is -0.164. The number of carbonyl (C=O) groups excluding carboxylic acids is 3. The van der Waals surface area contributed by atoms with Gasteiger partial charge in [-0.15, -0.1) is 6.58 Å². The average Bonchev–Trinajstić information content (AvgIpc) is 3.38. The molecule has 3 aliphatic rings. The molecule has 3 rings (SSSR count). The van der Waals surface area contributed by atoms with Crippen molar-refractivity contribution < 1.29 is 29.0 Å². The average molecular weight is 507 g/mol. The predicted molar refractivity (Wildman–Crippen MR) is 137 cm³/mol. The molecule has 0 aliphatic carbocycles. The zero-order valence-electron chi connectivity index (χ0n) is 23.4. The van der Waals surface area contributed by atoms with E-state index >= 15 is 0 Å². The Morgan fingerprint density at radius 1 is 1.28 bits per heavy atom. The van der Waals surface area contributed by atoms with Crippen LogP contribution in [0.25, 0.3) is 0 Å². The first-order chi connectivity index (χ1) is 16.7. The van der Waals surface area contributed by atoms with Crippen molar-refractivity contribution in [2.75, 3.05) is 19.8 Å². The number of hydrogen-bond donors (Lipinski definition) is 1. The third-order valence-corrected chi connectivity index (χ3v) is 8.40. The van der Waals surface area contributed by atoms with Gasteiger partial charge in [0.1, 0.15) is 17.6 Å². The second-order valence-corrected chi connectivity index (χ2v) is 12.6. The Labute approximate surface area is 216 Å². The van der Waals surface area contributed by atoms with Crippen LogP contribution in [0.15, 0.2) is 12.7 Å². The predicted octanol–water partition coefficient (Wildman–Crippen LogP) is 3.31. The summed E-state index contributed by atoms with van der Waals surface area (Å²) in [4.78, 5) is 45.1. The van der Waals surface area contributed by atoms with Crippen LogP contribution in [0.3, 0.4) is 0 Å². The number of hydrogen-bond acceptors (Lipinski definition) is 6. The van der Waals surface area contributed by atoms with Crippen molar-refractivity contribution in [3.05, 3.63) is 12.7 Å². The molecule has 3 aliphatic heterocycles. The van der Waals surface area contributed by atoms with Gasteiger partial charge in [0.05, 0.1) is 30.8 Å². The van der Waals surface area contributed by atoms with Gasteiger partial charge in [0.2, 0.25) is 11.8 Å². The van der Waals surface area contributed by atoms with Crippen LogP contribution in [-0.4, -0.2) is 81.3 Å². The van der Waals surface area contributed by atoms with Crippen molar-refractivity contribution in [2.45, 2.75) is 110 Å². The SMILES string of the molecule is C=CCN(C(=O)C1N([C@H](C)CO)C(=O)[C@@H]2[C@H](C(=O)OCC)[C@]3(CC)CCC12O3)C(C)(C)CC(C)(C)C. The van der Waals surface area contributed by atoms with Crippen molar-refractivity contribution in [3.63, 3.8) is 0 Å². The quantitative estimate of drug-likeness (QED) is 0.361. The van der Waals surface area contributed by atoms with Crippen LogP contribution < -0.4 is 0 Å². The summed E-state index contributed by atoms with van der Waals surface area (Å²) in [7, 11) is 0. The third-order valence-electron chi connectivity index (χ3n) is 8.40. The summed E-state index contributed by atoms with van der Waals surface area (Å²) in [5.41, 5.74) is -2.54. The fourth-order valence-corrected chi connectivity index (χ4v) is 7.39. The highest BCUT2D eigenvalue weighted by Gasteiger charge is 2.79. The maximum atomic E-state index is 14.6. The molecule has 0 saturated carbocycles. The van der Waals surface area contributed by atoms with Crippen LogP contribution in [0.5, 0.6) is 0 Å². The molecular weight excluding hydrogens is 460 g/mol. The fraction of sp³-hybridized carbons (Fsp3) is 0.821. The number of ether oxygens (including phenoxy) is 2. The monoisotopic (exact) mass is 506 g/mol. The number of amides is 2. The Morgan fingerprint density at radius 3 is 2.42 bits per heavy atom. The Balaban J connectivity index is 2.15. The molecular formula is C28H46N2O6. The van der Waals surface area contributed by atoms with E-state index in [1.54, 1.807) is 24.8 Å². The molecule has 0 radical (unpaired) electrons. The Bertz CT molecular complexity index is 895. The first kappa shape index (κ1) is 28.6. The number of fused-ring (bicyclic) bond motifs is 1. The molecule has 3 saturated heterocycles. The zero-order chi connectivity index (χ0) is 27.3. The van der Waals surface area contributed by atoms with E-state index in [0.717, 1.165) is 6.42 Å². The van der Waals surface area contributed by atoms with Crippen molar-refractivity contribution >= 4 is 17.8 Å². The summed E-state index contributed by atoms with van der Waals surface area (Å²) in [6.07, 6.45) is 4.06. The number of rotatable bonds is 10. The van der Waals surface area contributed by atoms with Gasteiger partial charge in [-0.05, 0) is 58.8 Å². The number of nitrogens with zero attached hydrogens (tertiary/aromatic N) is 2. The number of esters is 1. The fourth-order valence-electron chi connectivity index (χ4n) is 7.39. The van der Waals surface area contributed by atoms with E-state index in [0.29, 0.717) is 25.8 Å². The molecule has 3 heterocycles. The minimum absolute atomic E-state index is 0.0445. The summed E-state index contributed by atoms with van der Waals surface area (Å²) >= 11 is 0. The molecule has 8 heteroatoms. The van der Waals surface area contributed by atoms with Crippen LogP contribution >= 0.6 is 0 Å². The normalized spacial score (nSPS) is 32.4. The first-order valence-electron chi connectivity index (χ1n) is 13.4. The molecule has 0 aromatic heterocycles. The number of aliphatic hydroxyl groups excluding tert-OH is 1. The molecule has 6 atom stereocenters. The second-order valence-electron chi connectivity index (χ2n) is 12.6. The molecule has 8 nitrogen and oxygen atoms in total. The summed E-state index contributed by atoms with van der Waals surface area (Å²) in [6.45, 7) is 20.0. The van der Waals surface area contributed by atoms with E-state index in [9.17, 15) is 19.5 Å². The largest absolute Gasteiger partial charge is 0.466 e. The molecule has 2 amide bonds. The molecule has 3 fully saturated rings. The van der Waals surface area contributed by atoms with E-state index in [1.165, 1.54) is 4.90 Å². The van der Waals surface area contributed by atoms with Crippen molar-refractivity contribution in [2.24, 2.45) is 17.3 Å². The second kappa shape index (κ2) is 9.75. The van der Waals surface area contributed by atoms with Crippen LogP contribution in [0.4, 0.5) is 0 Å². The molecule has 1 N–H and O–H groups in total. The van der Waals surface area contributed by atoms with E-state index in [1.807, 2.05) is 20.8 Å². The lowest BCUT2D eigenvalue weighted by atomic mass is 9.65. The molecule has 2 bridgehead atoms. The lowest BCUT2D eigenvalue weighted by Crippen LogP contribution is -2.62. The van der Waals surface area contributed by atoms with Gasteiger partial charge in [-0.1, -0.05) is 33.8 Å². The topological polar surface area (TPSA) is 96.4 Å². The Hall–Kier alpha value is -1.93. The zero-order valence-corrected chi connectivity index (χ0v) is 23.4. The minimum atomic E-state index is -1.14. The van der Waals surface area contributed by atoms with Gasteiger partial charge >= 0.3 is 5.97 Å². The molecule has 0 aromatic rings. The van der Waals surface area contributed by atoms with Gasteiger partial charge in [0.15, 0.2) is 0 Å². The van der Waals surface area contributed by atoms with Gasteiger partial charge in [0.25, 0.3) is 0 Å². The standard InChI is InChI=1S/C28H46N2O6/c1-10-15-29(26(8,9)17-25(5,6)7)23(33)21-28-14-13-27(11-2,36-28)20(24(34)35-12-3)19(28)22(32)30(21)18(4)16-31/h10,18-21,31H,1,11-17H2,2-9H3/t18-,19+,20-,21?,27+,28?/m1/s1.